The molecule has 0 spiro atoms. The van der Waals surface area contributed by atoms with Crippen LogP contribution in [0.25, 0.3) is 16.6 Å². The van der Waals surface area contributed by atoms with Gasteiger partial charge in [0.05, 0.1) is 17.4 Å². The number of nitrogens with one attached hydrogen (secondary N) is 1. The number of amides is 1. The molecule has 40 heavy (non-hydrogen) atoms. The molecule has 1 fully saturated rings. The minimum absolute atomic E-state index is 0.119. The van der Waals surface area contributed by atoms with Crippen molar-refractivity contribution in [2.45, 2.75) is 6.42 Å². The van der Waals surface area contributed by atoms with Gasteiger partial charge in [-0.25, -0.2) is 33.2 Å². The standard InChI is InChI=1S/C27H23F2N9O2/c1-36(2)6-3-16-4-7-37(27(16)39)24-10-18-22(13-30-24)31-14-33-26(18)35-21-11-20(29)23(12-19(21)28)40-17-5-8-38-25(9-17)32-15-34-38/h3,5,8-15H,4,6-7H2,1-2H3,(H,31,33,35)/b16-3+. The summed E-state index contributed by atoms with van der Waals surface area (Å²) in [4.78, 5) is 33.4. The number of likely N-dealkylation sites (N-methyl/N-ethyl adjacent to an activating group) is 1. The van der Waals surface area contributed by atoms with E-state index in [2.05, 4.69) is 30.4 Å². The van der Waals surface area contributed by atoms with Crippen molar-refractivity contribution in [3.8, 4) is 11.5 Å². The normalized spacial score (nSPS) is 14.7. The zero-order chi connectivity index (χ0) is 27.8. The average Bonchev–Trinajstić information content (AvgIpc) is 3.56. The minimum Gasteiger partial charge on any atom is -0.454 e. The van der Waals surface area contributed by atoms with Crippen LogP contribution in [0.3, 0.4) is 0 Å². The largest absolute Gasteiger partial charge is 0.454 e. The smallest absolute Gasteiger partial charge is 0.255 e. The van der Waals surface area contributed by atoms with Gasteiger partial charge in [0, 0.05) is 48.4 Å². The monoisotopic (exact) mass is 543 g/mol. The Balaban J connectivity index is 1.26. The minimum atomic E-state index is -0.786. The molecule has 1 amide bonds. The lowest BCUT2D eigenvalue weighted by Gasteiger charge is -2.16. The van der Waals surface area contributed by atoms with Crippen LogP contribution in [0.2, 0.25) is 0 Å². The van der Waals surface area contributed by atoms with E-state index in [1.54, 1.807) is 29.3 Å². The summed E-state index contributed by atoms with van der Waals surface area (Å²) in [6, 6.07) is 6.72. The summed E-state index contributed by atoms with van der Waals surface area (Å²) in [6.45, 7) is 1.14. The third-order valence-corrected chi connectivity index (χ3v) is 6.37. The van der Waals surface area contributed by atoms with Crippen molar-refractivity contribution in [2.75, 3.05) is 37.4 Å². The van der Waals surface area contributed by atoms with Gasteiger partial charge in [0.15, 0.2) is 23.0 Å². The number of hydrogen-bond donors (Lipinski definition) is 1. The van der Waals surface area contributed by atoms with Gasteiger partial charge in [-0.15, -0.1) is 0 Å². The van der Waals surface area contributed by atoms with Gasteiger partial charge in [-0.2, -0.15) is 5.10 Å². The third-order valence-electron chi connectivity index (χ3n) is 6.37. The van der Waals surface area contributed by atoms with Crippen molar-refractivity contribution >= 4 is 39.8 Å². The first-order valence-electron chi connectivity index (χ1n) is 12.4. The van der Waals surface area contributed by atoms with Gasteiger partial charge < -0.3 is 15.0 Å². The Labute approximate surface area is 226 Å². The molecule has 1 aliphatic heterocycles. The summed E-state index contributed by atoms with van der Waals surface area (Å²) in [6.07, 6.45) is 8.31. The maximum Gasteiger partial charge on any atom is 0.255 e. The first-order valence-corrected chi connectivity index (χ1v) is 12.4. The van der Waals surface area contributed by atoms with Crippen molar-refractivity contribution in [1.82, 2.24) is 34.4 Å². The van der Waals surface area contributed by atoms with Crippen molar-refractivity contribution < 1.29 is 18.3 Å². The van der Waals surface area contributed by atoms with Gasteiger partial charge in [0.2, 0.25) is 0 Å². The van der Waals surface area contributed by atoms with Crippen LogP contribution in [0.1, 0.15) is 6.42 Å². The molecule has 0 saturated carbocycles. The number of pyridine rings is 2. The second-order valence-corrected chi connectivity index (χ2v) is 9.40. The summed E-state index contributed by atoms with van der Waals surface area (Å²) >= 11 is 0. The predicted octanol–water partition coefficient (Wildman–Crippen LogP) is 4.11. The quantitative estimate of drug-likeness (QED) is 0.303. The fourth-order valence-corrected chi connectivity index (χ4v) is 4.33. The average molecular weight is 544 g/mol. The third kappa shape index (κ3) is 4.89. The Morgan fingerprint density at radius 2 is 1.95 bits per heavy atom. The molecule has 0 aliphatic carbocycles. The summed E-state index contributed by atoms with van der Waals surface area (Å²) in [7, 11) is 3.87. The highest BCUT2D eigenvalue weighted by Gasteiger charge is 2.28. The Bertz CT molecular complexity index is 1790. The van der Waals surface area contributed by atoms with Crippen molar-refractivity contribution in [1.29, 1.82) is 0 Å². The van der Waals surface area contributed by atoms with E-state index in [9.17, 15) is 9.18 Å². The maximum atomic E-state index is 15.1. The molecule has 6 rings (SSSR count). The molecule has 11 nitrogen and oxygen atoms in total. The Morgan fingerprint density at radius 1 is 1.07 bits per heavy atom. The summed E-state index contributed by atoms with van der Waals surface area (Å²) in [5.41, 5.74) is 1.54. The summed E-state index contributed by atoms with van der Waals surface area (Å²) in [5, 5.41) is 7.33. The summed E-state index contributed by atoms with van der Waals surface area (Å²) < 4.78 is 37.2. The number of aromatic nitrogens is 6. The number of rotatable bonds is 7. The van der Waals surface area contributed by atoms with Crippen molar-refractivity contribution in [2.24, 2.45) is 0 Å². The van der Waals surface area contributed by atoms with E-state index >= 15 is 4.39 Å². The van der Waals surface area contributed by atoms with Gasteiger partial charge in [0.25, 0.3) is 5.91 Å². The van der Waals surface area contributed by atoms with E-state index in [0.29, 0.717) is 41.9 Å². The molecule has 0 bridgehead atoms. The molecule has 5 aromatic rings. The van der Waals surface area contributed by atoms with Gasteiger partial charge in [-0.05, 0) is 32.6 Å². The van der Waals surface area contributed by atoms with Crippen LogP contribution in [0.4, 0.5) is 26.1 Å². The first-order chi connectivity index (χ1) is 19.4. The molecule has 1 aliphatic rings. The van der Waals surface area contributed by atoms with E-state index in [1.165, 1.54) is 23.4 Å². The molecular weight excluding hydrogens is 520 g/mol. The topological polar surface area (TPSA) is 114 Å². The molecule has 0 atom stereocenters. The predicted molar refractivity (Wildman–Crippen MR) is 144 cm³/mol. The van der Waals surface area contributed by atoms with E-state index in [-0.39, 0.29) is 28.9 Å². The zero-order valence-corrected chi connectivity index (χ0v) is 21.5. The van der Waals surface area contributed by atoms with Gasteiger partial charge in [-0.3, -0.25) is 9.69 Å². The number of ether oxygens (including phenoxy) is 1. The van der Waals surface area contributed by atoms with Crippen molar-refractivity contribution in [3.63, 3.8) is 0 Å². The Hall–Kier alpha value is -5.04. The molecule has 13 heteroatoms. The Morgan fingerprint density at radius 3 is 2.80 bits per heavy atom. The highest BCUT2D eigenvalue weighted by molar-refractivity contribution is 6.08. The van der Waals surface area contributed by atoms with Crippen LogP contribution >= 0.6 is 0 Å². The Kier molecular flexibility index (Phi) is 6.48. The highest BCUT2D eigenvalue weighted by atomic mass is 19.1. The highest BCUT2D eigenvalue weighted by Crippen LogP contribution is 2.33. The number of hydrogen-bond acceptors (Lipinski definition) is 9. The number of anilines is 3. The molecule has 1 saturated heterocycles. The number of halogens is 2. The molecule has 0 radical (unpaired) electrons. The fourth-order valence-electron chi connectivity index (χ4n) is 4.33. The van der Waals surface area contributed by atoms with E-state index in [1.807, 2.05) is 25.1 Å². The molecule has 1 aromatic carbocycles. The van der Waals surface area contributed by atoms with E-state index < -0.39 is 11.6 Å². The van der Waals surface area contributed by atoms with E-state index in [4.69, 9.17) is 4.74 Å². The van der Waals surface area contributed by atoms with Crippen LogP contribution in [-0.2, 0) is 4.79 Å². The van der Waals surface area contributed by atoms with E-state index in [0.717, 1.165) is 17.7 Å². The number of nitrogens with zero attached hydrogens (tertiary/aromatic N) is 8. The summed E-state index contributed by atoms with van der Waals surface area (Å²) in [5.74, 6) is -1.03. The number of fused-ring (bicyclic) bond motifs is 2. The molecule has 0 unspecified atom stereocenters. The van der Waals surface area contributed by atoms with Crippen LogP contribution in [0.5, 0.6) is 11.5 Å². The molecule has 5 heterocycles. The first kappa shape index (κ1) is 25.2. The lowest BCUT2D eigenvalue weighted by molar-refractivity contribution is -0.114. The fraction of sp³-hybridized carbons (Fsp3) is 0.185. The van der Waals surface area contributed by atoms with Crippen LogP contribution < -0.4 is 15.0 Å². The van der Waals surface area contributed by atoms with Gasteiger partial charge in [-0.1, -0.05) is 6.08 Å². The number of carbonyl (C=O) groups is 1. The number of carbonyl (C=O) groups excluding carboxylic acids is 1. The van der Waals surface area contributed by atoms with Gasteiger partial charge >= 0.3 is 0 Å². The molecule has 4 aromatic heterocycles. The van der Waals surface area contributed by atoms with Crippen LogP contribution in [0.15, 0.2) is 67.0 Å². The van der Waals surface area contributed by atoms with Crippen LogP contribution in [-0.4, -0.2) is 67.5 Å². The molecule has 1 N–H and O–H groups in total. The molecular formula is C27H23F2N9O2. The molecule has 202 valence electrons. The lowest BCUT2D eigenvalue weighted by Crippen LogP contribution is -2.25. The van der Waals surface area contributed by atoms with Crippen LogP contribution in [0, 0.1) is 11.6 Å². The zero-order valence-electron chi connectivity index (χ0n) is 21.5. The van der Waals surface area contributed by atoms with Crippen molar-refractivity contribution in [3.05, 3.63) is 78.7 Å². The second kappa shape index (κ2) is 10.3. The number of benzene rings is 1. The SMILES string of the molecule is CN(C)C/C=C1\CCN(c2cc3c(Nc4cc(F)c(Oc5ccn6ncnc6c5)cc4F)ncnc3cn2)C1=O. The lowest BCUT2D eigenvalue weighted by atomic mass is 10.2. The second-order valence-electron chi connectivity index (χ2n) is 9.40. The maximum absolute atomic E-state index is 15.1. The van der Waals surface area contributed by atoms with Gasteiger partial charge in [0.1, 0.15) is 30.0 Å².